The van der Waals surface area contributed by atoms with Gasteiger partial charge in [0.25, 0.3) is 5.91 Å². The number of rotatable bonds is 6. The van der Waals surface area contributed by atoms with Gasteiger partial charge >= 0.3 is 0 Å². The zero-order valence-electron chi connectivity index (χ0n) is 18.3. The van der Waals surface area contributed by atoms with Gasteiger partial charge in [0.2, 0.25) is 0 Å². The van der Waals surface area contributed by atoms with Gasteiger partial charge in [-0.25, -0.2) is 0 Å². The summed E-state index contributed by atoms with van der Waals surface area (Å²) in [6, 6.07) is 0.459. The summed E-state index contributed by atoms with van der Waals surface area (Å²) >= 11 is 0. The van der Waals surface area contributed by atoms with Gasteiger partial charge in [-0.3, -0.25) is 9.48 Å². The smallest absolute Gasteiger partial charge is 0.274 e. The van der Waals surface area contributed by atoms with Gasteiger partial charge in [-0.15, -0.1) is 0 Å². The highest BCUT2D eigenvalue weighted by atomic mass is 16.2. The summed E-state index contributed by atoms with van der Waals surface area (Å²) in [5.74, 6) is 0.134. The SMILES string of the molecule is CCn1nc(C(=O)N2CCN(C)CC2)c2c1CCC(NCCC1=CCCCC1)C2. The molecule has 0 radical (unpaired) electrons. The van der Waals surface area contributed by atoms with Crippen molar-refractivity contribution in [3.05, 3.63) is 28.6 Å². The molecule has 1 N–H and O–H groups in total. The third-order valence-corrected chi connectivity index (χ3v) is 6.90. The summed E-state index contributed by atoms with van der Waals surface area (Å²) in [6.45, 7) is 7.52. The van der Waals surface area contributed by atoms with Gasteiger partial charge in [-0.05, 0) is 71.9 Å². The molecule has 6 heteroatoms. The molecule has 160 valence electrons. The first-order valence-electron chi connectivity index (χ1n) is 11.6. The Kier molecular flexibility index (Phi) is 6.70. The van der Waals surface area contributed by atoms with E-state index in [1.54, 1.807) is 5.57 Å². The molecule has 0 aromatic carbocycles. The predicted octanol–water partition coefficient (Wildman–Crippen LogP) is 2.63. The summed E-state index contributed by atoms with van der Waals surface area (Å²) in [5, 5.41) is 8.55. The zero-order chi connectivity index (χ0) is 20.2. The Bertz CT molecular complexity index is 745. The molecule has 1 amide bonds. The highest BCUT2D eigenvalue weighted by molar-refractivity contribution is 5.94. The van der Waals surface area contributed by atoms with E-state index in [9.17, 15) is 4.79 Å². The number of nitrogens with one attached hydrogen (secondary N) is 1. The van der Waals surface area contributed by atoms with Gasteiger partial charge in [0, 0.05) is 50.0 Å². The number of aromatic nitrogens is 2. The molecule has 1 atom stereocenters. The van der Waals surface area contributed by atoms with Crippen LogP contribution in [0, 0.1) is 0 Å². The maximum absolute atomic E-state index is 13.2. The number of fused-ring (bicyclic) bond motifs is 1. The maximum Gasteiger partial charge on any atom is 0.274 e. The largest absolute Gasteiger partial charge is 0.335 e. The Morgan fingerprint density at radius 1 is 1.21 bits per heavy atom. The van der Waals surface area contributed by atoms with Crippen LogP contribution >= 0.6 is 0 Å². The summed E-state index contributed by atoms with van der Waals surface area (Å²) in [5.41, 5.74) is 4.84. The number of amides is 1. The van der Waals surface area contributed by atoms with Crippen molar-refractivity contribution >= 4 is 5.91 Å². The van der Waals surface area contributed by atoms with Crippen molar-refractivity contribution in [2.24, 2.45) is 0 Å². The van der Waals surface area contributed by atoms with Crippen molar-refractivity contribution in [1.29, 1.82) is 0 Å². The molecule has 0 bridgehead atoms. The van der Waals surface area contributed by atoms with Crippen molar-refractivity contribution in [1.82, 2.24) is 24.9 Å². The molecule has 1 aromatic rings. The second-order valence-electron chi connectivity index (χ2n) is 8.94. The standard InChI is InChI=1S/C23H37N5O/c1-3-28-21-10-9-19(24-12-11-18-7-5-4-6-8-18)17-20(21)22(25-28)23(29)27-15-13-26(2)14-16-27/h7,19,24H,3-6,8-17H2,1-2H3. The van der Waals surface area contributed by atoms with E-state index in [0.29, 0.717) is 11.7 Å². The number of carbonyl (C=O) groups is 1. The van der Waals surface area contributed by atoms with Crippen LogP contribution in [-0.4, -0.2) is 71.3 Å². The van der Waals surface area contributed by atoms with Crippen LogP contribution in [0.3, 0.4) is 0 Å². The molecule has 29 heavy (non-hydrogen) atoms. The average Bonchev–Trinajstić information content (AvgIpc) is 3.12. The fourth-order valence-corrected chi connectivity index (χ4v) is 5.02. The molecule has 0 saturated carbocycles. The van der Waals surface area contributed by atoms with Crippen LogP contribution in [0.5, 0.6) is 0 Å². The number of hydrogen-bond donors (Lipinski definition) is 1. The van der Waals surface area contributed by atoms with E-state index in [4.69, 9.17) is 5.10 Å². The average molecular weight is 400 g/mol. The lowest BCUT2D eigenvalue weighted by atomic mass is 9.90. The molecular weight excluding hydrogens is 362 g/mol. The fourth-order valence-electron chi connectivity index (χ4n) is 5.02. The van der Waals surface area contributed by atoms with Crippen molar-refractivity contribution in [2.45, 2.75) is 70.9 Å². The highest BCUT2D eigenvalue weighted by Gasteiger charge is 2.31. The monoisotopic (exact) mass is 399 g/mol. The van der Waals surface area contributed by atoms with Crippen molar-refractivity contribution in [3.8, 4) is 0 Å². The van der Waals surface area contributed by atoms with Crippen molar-refractivity contribution in [2.75, 3.05) is 39.8 Å². The lowest BCUT2D eigenvalue weighted by Gasteiger charge is -2.32. The van der Waals surface area contributed by atoms with Gasteiger partial charge in [-0.2, -0.15) is 5.10 Å². The quantitative estimate of drug-likeness (QED) is 0.747. The summed E-state index contributed by atoms with van der Waals surface area (Å²) < 4.78 is 2.07. The van der Waals surface area contributed by atoms with E-state index in [1.807, 2.05) is 4.90 Å². The molecule has 1 fully saturated rings. The number of carbonyl (C=O) groups excluding carboxylic acids is 1. The van der Waals surface area contributed by atoms with Crippen LogP contribution in [0.2, 0.25) is 0 Å². The number of nitrogens with zero attached hydrogens (tertiary/aromatic N) is 4. The normalized spacial score (nSPS) is 23.0. The van der Waals surface area contributed by atoms with Crippen LogP contribution in [0.15, 0.2) is 11.6 Å². The van der Waals surface area contributed by atoms with Crippen LogP contribution in [0.1, 0.15) is 67.2 Å². The van der Waals surface area contributed by atoms with Crippen LogP contribution in [0.4, 0.5) is 0 Å². The van der Waals surface area contributed by atoms with E-state index in [1.165, 1.54) is 43.4 Å². The van der Waals surface area contributed by atoms with E-state index in [-0.39, 0.29) is 5.91 Å². The number of hydrogen-bond acceptors (Lipinski definition) is 4. The first-order valence-corrected chi connectivity index (χ1v) is 11.6. The molecule has 1 saturated heterocycles. The second kappa shape index (κ2) is 9.43. The summed E-state index contributed by atoms with van der Waals surface area (Å²) in [7, 11) is 2.12. The van der Waals surface area contributed by atoms with Crippen molar-refractivity contribution in [3.63, 3.8) is 0 Å². The Hall–Kier alpha value is -1.66. The topological polar surface area (TPSA) is 53.4 Å². The molecule has 1 aliphatic heterocycles. The van der Waals surface area contributed by atoms with E-state index >= 15 is 0 Å². The lowest BCUT2D eigenvalue weighted by molar-refractivity contribution is 0.0656. The Balaban J connectivity index is 1.41. The Morgan fingerprint density at radius 2 is 2.03 bits per heavy atom. The van der Waals surface area contributed by atoms with Gasteiger partial charge in [0.05, 0.1) is 0 Å². The van der Waals surface area contributed by atoms with Gasteiger partial charge in [0.1, 0.15) is 0 Å². The molecular formula is C23H37N5O. The number of aryl methyl sites for hydroxylation is 1. The van der Waals surface area contributed by atoms with Crippen LogP contribution < -0.4 is 5.32 Å². The summed E-state index contributed by atoms with van der Waals surface area (Å²) in [6.07, 6.45) is 12.0. The molecule has 4 rings (SSSR count). The molecule has 2 heterocycles. The van der Waals surface area contributed by atoms with Gasteiger partial charge in [-0.1, -0.05) is 11.6 Å². The first kappa shape index (κ1) is 20.6. The predicted molar refractivity (Wildman–Crippen MR) is 116 cm³/mol. The van der Waals surface area contributed by atoms with Gasteiger partial charge in [0.15, 0.2) is 5.69 Å². The third kappa shape index (κ3) is 4.75. The van der Waals surface area contributed by atoms with Crippen LogP contribution in [-0.2, 0) is 19.4 Å². The minimum Gasteiger partial charge on any atom is -0.335 e. The third-order valence-electron chi connectivity index (χ3n) is 6.90. The molecule has 6 nitrogen and oxygen atoms in total. The zero-order valence-corrected chi connectivity index (χ0v) is 18.3. The Labute approximate surface area is 175 Å². The molecule has 1 unspecified atom stereocenters. The van der Waals surface area contributed by atoms with E-state index in [0.717, 1.165) is 58.5 Å². The second-order valence-corrected chi connectivity index (χ2v) is 8.94. The summed E-state index contributed by atoms with van der Waals surface area (Å²) in [4.78, 5) is 17.5. The number of likely N-dealkylation sites (N-methyl/N-ethyl adjacent to an activating group) is 1. The Morgan fingerprint density at radius 3 is 2.76 bits per heavy atom. The molecule has 0 spiro atoms. The minimum absolute atomic E-state index is 0.134. The van der Waals surface area contributed by atoms with Gasteiger partial charge < -0.3 is 15.1 Å². The highest BCUT2D eigenvalue weighted by Crippen LogP contribution is 2.27. The molecule has 3 aliphatic rings. The fraction of sp³-hybridized carbons (Fsp3) is 0.739. The van der Waals surface area contributed by atoms with Crippen molar-refractivity contribution < 1.29 is 4.79 Å². The number of allylic oxidation sites excluding steroid dienone is 1. The van der Waals surface area contributed by atoms with Crippen LogP contribution in [0.25, 0.3) is 0 Å². The maximum atomic E-state index is 13.2. The lowest BCUT2D eigenvalue weighted by Crippen LogP contribution is -2.47. The van der Waals surface area contributed by atoms with E-state index < -0.39 is 0 Å². The van der Waals surface area contributed by atoms with E-state index in [2.05, 4.69) is 34.9 Å². The molecule has 1 aromatic heterocycles. The number of piperazine rings is 1. The minimum atomic E-state index is 0.134. The molecule has 2 aliphatic carbocycles. The first-order chi connectivity index (χ1) is 14.2.